The molecule has 0 aromatic heterocycles. The molecular weight excluding hydrogens is 352 g/mol. The lowest BCUT2D eigenvalue weighted by Gasteiger charge is -2.17. The van der Waals surface area contributed by atoms with Gasteiger partial charge in [-0.3, -0.25) is 0 Å². The van der Waals surface area contributed by atoms with Crippen molar-refractivity contribution in [3.05, 3.63) is 69.3 Å². The fourth-order valence-electron chi connectivity index (χ4n) is 4.21. The molecule has 4 heteroatoms. The highest BCUT2D eigenvalue weighted by Gasteiger charge is 2.26. The minimum Gasteiger partial charge on any atom is -0.497 e. The number of carbonyl (C=O) groups is 1. The summed E-state index contributed by atoms with van der Waals surface area (Å²) in [7, 11) is 1.65. The maximum atomic E-state index is 13.1. The summed E-state index contributed by atoms with van der Waals surface area (Å²) >= 11 is 0. The Hall–Kier alpha value is -2.85. The van der Waals surface area contributed by atoms with Crippen LogP contribution in [0.3, 0.4) is 0 Å². The van der Waals surface area contributed by atoms with E-state index in [9.17, 15) is 4.79 Å². The highest BCUT2D eigenvalue weighted by molar-refractivity contribution is 6.00. The Morgan fingerprint density at radius 1 is 0.929 bits per heavy atom. The van der Waals surface area contributed by atoms with Gasteiger partial charge in [-0.1, -0.05) is 17.7 Å². The van der Waals surface area contributed by atoms with Gasteiger partial charge in [-0.05, 0) is 73.5 Å². The molecule has 28 heavy (non-hydrogen) atoms. The third-order valence-electron chi connectivity index (χ3n) is 5.54. The number of hydrogen-bond donors (Lipinski definition) is 0. The number of hydrogen-bond acceptors (Lipinski definition) is 4. The van der Waals surface area contributed by atoms with Crippen molar-refractivity contribution in [1.82, 2.24) is 0 Å². The van der Waals surface area contributed by atoms with E-state index in [4.69, 9.17) is 14.2 Å². The van der Waals surface area contributed by atoms with Gasteiger partial charge in [-0.25, -0.2) is 4.79 Å². The molecule has 0 saturated heterocycles. The van der Waals surface area contributed by atoms with Crippen LogP contribution in [0.5, 0.6) is 11.5 Å². The first-order chi connectivity index (χ1) is 13.4. The average Bonchev–Trinajstić information content (AvgIpc) is 3.14. The lowest BCUT2D eigenvalue weighted by atomic mass is 9.95. The summed E-state index contributed by atoms with van der Waals surface area (Å²) in [4.78, 5) is 13.1. The fourth-order valence-corrected chi connectivity index (χ4v) is 4.21. The predicted octanol–water partition coefficient (Wildman–Crippen LogP) is 5.33. The number of benzene rings is 3. The van der Waals surface area contributed by atoms with Gasteiger partial charge < -0.3 is 14.2 Å². The summed E-state index contributed by atoms with van der Waals surface area (Å²) in [5.74, 6) is 1.04. The Balaban J connectivity index is 1.88. The second-order valence-corrected chi connectivity index (χ2v) is 7.48. The summed E-state index contributed by atoms with van der Waals surface area (Å²) in [6.45, 7) is 8.98. The van der Waals surface area contributed by atoms with Crippen molar-refractivity contribution in [3.63, 3.8) is 0 Å². The molecule has 4 nitrogen and oxygen atoms in total. The maximum absolute atomic E-state index is 13.1. The number of carbonyl (C=O) groups excluding carboxylic acids is 1. The summed E-state index contributed by atoms with van der Waals surface area (Å²) in [6.07, 6.45) is 0. The molecule has 0 saturated carbocycles. The van der Waals surface area contributed by atoms with Gasteiger partial charge in [0.05, 0.1) is 25.9 Å². The van der Waals surface area contributed by atoms with Crippen molar-refractivity contribution in [2.75, 3.05) is 7.11 Å². The van der Waals surface area contributed by atoms with E-state index >= 15 is 0 Å². The molecule has 1 heterocycles. The van der Waals surface area contributed by atoms with Gasteiger partial charge in [-0.15, -0.1) is 0 Å². The van der Waals surface area contributed by atoms with Gasteiger partial charge in [-0.2, -0.15) is 0 Å². The molecule has 0 atom stereocenters. The Morgan fingerprint density at radius 2 is 1.61 bits per heavy atom. The number of ether oxygens (including phenoxy) is 3. The summed E-state index contributed by atoms with van der Waals surface area (Å²) in [6, 6.07) is 9.86. The van der Waals surface area contributed by atoms with Gasteiger partial charge in [0.1, 0.15) is 11.5 Å². The molecule has 0 fully saturated rings. The van der Waals surface area contributed by atoms with Crippen molar-refractivity contribution in [1.29, 1.82) is 0 Å². The normalized spacial score (nSPS) is 12.9. The fraction of sp³-hybridized carbons (Fsp3) is 0.292. The molecule has 144 valence electrons. The Labute approximate surface area is 165 Å². The lowest BCUT2D eigenvalue weighted by molar-refractivity contribution is 0.0730. The third-order valence-corrected chi connectivity index (χ3v) is 5.54. The van der Waals surface area contributed by atoms with E-state index < -0.39 is 0 Å². The number of methoxy groups -OCH3 is 1. The van der Waals surface area contributed by atoms with Crippen molar-refractivity contribution in [2.45, 2.75) is 40.9 Å². The molecule has 0 bridgehead atoms. The molecular formula is C24H24O4. The van der Waals surface area contributed by atoms with E-state index in [1.54, 1.807) is 7.11 Å². The van der Waals surface area contributed by atoms with Crippen LogP contribution >= 0.6 is 0 Å². The second-order valence-electron chi connectivity index (χ2n) is 7.48. The minimum atomic E-state index is -0.329. The number of esters is 1. The molecule has 0 aliphatic carbocycles. The smallest absolute Gasteiger partial charge is 0.344 e. The van der Waals surface area contributed by atoms with Crippen LogP contribution in [0.15, 0.2) is 30.3 Å². The van der Waals surface area contributed by atoms with E-state index in [1.807, 2.05) is 51.1 Å². The zero-order chi connectivity index (χ0) is 20.0. The van der Waals surface area contributed by atoms with Crippen LogP contribution in [0.2, 0.25) is 0 Å². The average molecular weight is 376 g/mol. The first-order valence-electron chi connectivity index (χ1n) is 9.40. The number of aryl methyl sites for hydroxylation is 4. The van der Waals surface area contributed by atoms with E-state index in [2.05, 4.69) is 6.92 Å². The van der Waals surface area contributed by atoms with Crippen molar-refractivity contribution >= 4 is 16.7 Å². The summed E-state index contributed by atoms with van der Waals surface area (Å²) < 4.78 is 17.1. The predicted molar refractivity (Wildman–Crippen MR) is 109 cm³/mol. The van der Waals surface area contributed by atoms with Gasteiger partial charge in [0.15, 0.2) is 0 Å². The highest BCUT2D eigenvalue weighted by atomic mass is 16.5. The minimum absolute atomic E-state index is 0.329. The largest absolute Gasteiger partial charge is 0.497 e. The molecule has 1 aliphatic rings. The van der Waals surface area contributed by atoms with E-state index in [0.29, 0.717) is 24.5 Å². The molecule has 0 spiro atoms. The first kappa shape index (κ1) is 18.5. The van der Waals surface area contributed by atoms with E-state index in [0.717, 1.165) is 49.9 Å². The second kappa shape index (κ2) is 6.95. The maximum Gasteiger partial charge on any atom is 0.344 e. The molecule has 3 aromatic rings. The highest BCUT2D eigenvalue weighted by Crippen LogP contribution is 2.41. The standard InChI is InChI=1S/C24H24O4/c1-13-8-14(2)22(15(3)9-13)24(25)28-23-18-7-6-17(26-5)10-19(18)16(4)20-11-27-12-21(20)23/h6-10H,11-12H2,1-5H3. The molecule has 0 unspecified atom stereocenters. The van der Waals surface area contributed by atoms with Crippen molar-refractivity contribution < 1.29 is 19.0 Å². The zero-order valence-corrected chi connectivity index (χ0v) is 16.9. The van der Waals surface area contributed by atoms with Crippen LogP contribution in [-0.4, -0.2) is 13.1 Å². The van der Waals surface area contributed by atoms with Crippen molar-refractivity contribution in [3.8, 4) is 11.5 Å². The van der Waals surface area contributed by atoms with Crippen LogP contribution in [0.4, 0.5) is 0 Å². The van der Waals surface area contributed by atoms with Crippen LogP contribution in [-0.2, 0) is 18.0 Å². The Morgan fingerprint density at radius 3 is 2.29 bits per heavy atom. The van der Waals surface area contributed by atoms with E-state index in [-0.39, 0.29) is 5.97 Å². The van der Waals surface area contributed by atoms with Gasteiger partial charge >= 0.3 is 5.97 Å². The lowest BCUT2D eigenvalue weighted by Crippen LogP contribution is -2.14. The molecule has 1 aliphatic heterocycles. The molecule has 0 N–H and O–H groups in total. The van der Waals surface area contributed by atoms with Crippen LogP contribution in [0.25, 0.3) is 10.8 Å². The Bertz CT molecular complexity index is 1090. The molecule has 0 radical (unpaired) electrons. The quantitative estimate of drug-likeness (QED) is 0.458. The van der Waals surface area contributed by atoms with Crippen LogP contribution in [0.1, 0.15) is 43.7 Å². The van der Waals surface area contributed by atoms with E-state index in [1.165, 1.54) is 0 Å². The first-order valence-corrected chi connectivity index (χ1v) is 9.40. The van der Waals surface area contributed by atoms with Gasteiger partial charge in [0.25, 0.3) is 0 Å². The van der Waals surface area contributed by atoms with Gasteiger partial charge in [0, 0.05) is 10.9 Å². The SMILES string of the molecule is COc1ccc2c(OC(=O)c3c(C)cc(C)cc3C)c3c(c(C)c2c1)COC3. The third kappa shape index (κ3) is 2.94. The van der Waals surface area contributed by atoms with Crippen molar-refractivity contribution in [2.24, 2.45) is 0 Å². The monoisotopic (exact) mass is 376 g/mol. The van der Waals surface area contributed by atoms with Crippen LogP contribution < -0.4 is 9.47 Å². The zero-order valence-electron chi connectivity index (χ0n) is 16.9. The summed E-state index contributed by atoms with van der Waals surface area (Å²) in [5, 5.41) is 1.92. The number of rotatable bonds is 3. The number of fused-ring (bicyclic) bond motifs is 2. The summed E-state index contributed by atoms with van der Waals surface area (Å²) in [5.41, 5.74) is 6.81. The molecule has 4 rings (SSSR count). The molecule has 0 amide bonds. The topological polar surface area (TPSA) is 44.8 Å². The molecule has 3 aromatic carbocycles. The van der Waals surface area contributed by atoms with Gasteiger partial charge in [0.2, 0.25) is 0 Å². The van der Waals surface area contributed by atoms with Crippen LogP contribution in [0, 0.1) is 27.7 Å². The Kier molecular flexibility index (Phi) is 4.60.